The van der Waals surface area contributed by atoms with Crippen LogP contribution in [0, 0.1) is 5.92 Å². The van der Waals surface area contributed by atoms with Crippen molar-refractivity contribution in [2.45, 2.75) is 31.9 Å². The lowest BCUT2D eigenvalue weighted by Crippen LogP contribution is -2.52. The minimum atomic E-state index is -0.496. The van der Waals surface area contributed by atoms with E-state index in [1.54, 1.807) is 13.3 Å². The zero-order valence-electron chi connectivity index (χ0n) is 14.3. The lowest BCUT2D eigenvalue weighted by molar-refractivity contribution is -0.00340. The summed E-state index contributed by atoms with van der Waals surface area (Å²) >= 11 is 0. The number of methoxy groups -OCH3 is 1. The van der Waals surface area contributed by atoms with Crippen molar-refractivity contribution in [3.05, 3.63) is 47.7 Å². The van der Waals surface area contributed by atoms with Gasteiger partial charge in [-0.2, -0.15) is 0 Å². The quantitative estimate of drug-likeness (QED) is 0.880. The molecule has 2 unspecified atom stereocenters. The number of piperidine rings is 3. The number of aromatic nitrogens is 1. The summed E-state index contributed by atoms with van der Waals surface area (Å²) in [6, 6.07) is 7.98. The third-order valence-electron chi connectivity index (χ3n) is 5.71. The highest BCUT2D eigenvalue weighted by atomic mass is 16.5. The number of nitrogens with zero attached hydrogens (tertiary/aromatic N) is 2. The number of pyridine rings is 1. The predicted molar refractivity (Wildman–Crippen MR) is 95.1 cm³/mol. The summed E-state index contributed by atoms with van der Waals surface area (Å²) in [5.41, 5.74) is 3.39. The van der Waals surface area contributed by atoms with Crippen LogP contribution in [0.5, 0.6) is 5.75 Å². The molecule has 1 N–H and O–H groups in total. The maximum Gasteiger partial charge on any atom is 0.119 e. The molecule has 1 aromatic carbocycles. The molecule has 3 aliphatic heterocycles. The van der Waals surface area contributed by atoms with Gasteiger partial charge >= 0.3 is 0 Å². The van der Waals surface area contributed by atoms with E-state index >= 15 is 0 Å². The second kappa shape index (κ2) is 6.19. The molecular weight excluding hydrogens is 300 g/mol. The SMILES string of the molecule is C/C=C1\CN2CCC1C[C@@H]2[C@@H](O)c1ccnc2ccc(OC)cc12. The molecule has 4 nitrogen and oxygen atoms in total. The Kier molecular flexibility index (Phi) is 4.02. The normalized spacial score (nSPS) is 29.1. The van der Waals surface area contributed by atoms with E-state index in [-0.39, 0.29) is 6.04 Å². The highest BCUT2D eigenvalue weighted by molar-refractivity contribution is 5.83. The van der Waals surface area contributed by atoms with Gasteiger partial charge in [-0.15, -0.1) is 0 Å². The van der Waals surface area contributed by atoms with Crippen LogP contribution in [0.15, 0.2) is 42.1 Å². The van der Waals surface area contributed by atoms with Crippen LogP contribution in [0.1, 0.15) is 31.4 Å². The van der Waals surface area contributed by atoms with Gasteiger partial charge in [0.05, 0.1) is 18.7 Å². The maximum absolute atomic E-state index is 11.2. The van der Waals surface area contributed by atoms with Gasteiger partial charge in [0.25, 0.3) is 0 Å². The van der Waals surface area contributed by atoms with E-state index in [4.69, 9.17) is 4.74 Å². The molecule has 126 valence electrons. The van der Waals surface area contributed by atoms with E-state index in [0.29, 0.717) is 5.92 Å². The molecule has 3 saturated heterocycles. The third-order valence-corrected chi connectivity index (χ3v) is 5.71. The van der Waals surface area contributed by atoms with Crippen molar-refractivity contribution in [2.75, 3.05) is 20.2 Å². The smallest absolute Gasteiger partial charge is 0.119 e. The Morgan fingerprint density at radius 3 is 2.96 bits per heavy atom. The Hall–Kier alpha value is -1.91. The van der Waals surface area contributed by atoms with Crippen LogP contribution in [-0.4, -0.2) is 41.2 Å². The van der Waals surface area contributed by atoms with E-state index in [9.17, 15) is 5.11 Å². The molecule has 4 atom stereocenters. The second-order valence-electron chi connectivity index (χ2n) is 6.85. The summed E-state index contributed by atoms with van der Waals surface area (Å²) in [4.78, 5) is 6.87. The molecule has 0 spiro atoms. The van der Waals surface area contributed by atoms with Crippen molar-refractivity contribution in [2.24, 2.45) is 5.92 Å². The van der Waals surface area contributed by atoms with Crippen molar-refractivity contribution in [3.63, 3.8) is 0 Å². The molecule has 3 aliphatic rings. The average Bonchev–Trinajstić information content (AvgIpc) is 2.66. The minimum absolute atomic E-state index is 0.184. The molecule has 5 rings (SSSR count). The number of ether oxygens (including phenoxy) is 1. The molecule has 1 aromatic heterocycles. The van der Waals surface area contributed by atoms with Gasteiger partial charge in [0, 0.05) is 24.2 Å². The number of rotatable bonds is 3. The molecule has 4 heteroatoms. The first-order valence-corrected chi connectivity index (χ1v) is 8.71. The van der Waals surface area contributed by atoms with Crippen LogP contribution in [0.3, 0.4) is 0 Å². The average molecular weight is 324 g/mol. The molecule has 0 aliphatic carbocycles. The topological polar surface area (TPSA) is 45.6 Å². The number of fused-ring (bicyclic) bond motifs is 4. The van der Waals surface area contributed by atoms with Crippen molar-refractivity contribution in [3.8, 4) is 5.75 Å². The molecule has 2 aromatic rings. The molecule has 0 radical (unpaired) electrons. The van der Waals surface area contributed by atoms with Gasteiger partial charge in [-0.25, -0.2) is 0 Å². The number of hydrogen-bond acceptors (Lipinski definition) is 4. The van der Waals surface area contributed by atoms with Crippen LogP contribution in [0.25, 0.3) is 10.9 Å². The lowest BCUT2D eigenvalue weighted by Gasteiger charge is -2.48. The Labute approximate surface area is 142 Å². The molecule has 2 bridgehead atoms. The van der Waals surface area contributed by atoms with Gasteiger partial charge in [-0.1, -0.05) is 11.6 Å². The van der Waals surface area contributed by atoms with Gasteiger partial charge < -0.3 is 9.84 Å². The molecule has 3 fully saturated rings. The van der Waals surface area contributed by atoms with Gasteiger partial charge in [0.15, 0.2) is 0 Å². The highest BCUT2D eigenvalue weighted by Crippen LogP contribution is 2.41. The van der Waals surface area contributed by atoms with E-state index < -0.39 is 6.10 Å². The number of aliphatic hydroxyl groups is 1. The summed E-state index contributed by atoms with van der Waals surface area (Å²) in [6.45, 7) is 4.20. The van der Waals surface area contributed by atoms with Crippen molar-refractivity contribution >= 4 is 10.9 Å². The first-order valence-electron chi connectivity index (χ1n) is 8.71. The van der Waals surface area contributed by atoms with E-state index in [2.05, 4.69) is 22.9 Å². The summed E-state index contributed by atoms with van der Waals surface area (Å²) in [7, 11) is 1.66. The molecule has 0 amide bonds. The predicted octanol–water partition coefficient (Wildman–Crippen LogP) is 3.32. The Morgan fingerprint density at radius 2 is 2.25 bits per heavy atom. The summed E-state index contributed by atoms with van der Waals surface area (Å²) in [5, 5.41) is 12.1. The van der Waals surface area contributed by atoms with Gasteiger partial charge in [0.1, 0.15) is 5.75 Å². The van der Waals surface area contributed by atoms with E-state index in [0.717, 1.165) is 41.7 Å². The van der Waals surface area contributed by atoms with Crippen LogP contribution < -0.4 is 4.74 Å². The molecule has 4 heterocycles. The first kappa shape index (κ1) is 15.6. The highest BCUT2D eigenvalue weighted by Gasteiger charge is 2.40. The van der Waals surface area contributed by atoms with Crippen molar-refractivity contribution in [1.29, 1.82) is 0 Å². The Bertz CT molecular complexity index is 786. The summed E-state index contributed by atoms with van der Waals surface area (Å²) < 4.78 is 5.35. The maximum atomic E-state index is 11.2. The van der Waals surface area contributed by atoms with Gasteiger partial charge in [0.2, 0.25) is 0 Å². The van der Waals surface area contributed by atoms with Crippen molar-refractivity contribution < 1.29 is 9.84 Å². The largest absolute Gasteiger partial charge is 0.497 e. The number of aliphatic hydroxyl groups excluding tert-OH is 1. The van der Waals surface area contributed by atoms with Crippen LogP contribution in [-0.2, 0) is 0 Å². The monoisotopic (exact) mass is 324 g/mol. The van der Waals surface area contributed by atoms with E-state index in [1.807, 2.05) is 24.3 Å². The zero-order valence-corrected chi connectivity index (χ0v) is 14.3. The van der Waals surface area contributed by atoms with Gasteiger partial charge in [-0.3, -0.25) is 9.88 Å². The standard InChI is InChI=1S/C20H24N2O2/c1-3-13-12-22-9-7-14(13)10-19(22)20(23)16-6-8-21-18-5-4-15(24-2)11-17(16)18/h3-6,8,11,14,19-20,23H,7,9-10,12H2,1-2H3/b13-3+/t14?,19-,20+/m1/s1. The van der Waals surface area contributed by atoms with Crippen LogP contribution in [0.4, 0.5) is 0 Å². The Morgan fingerprint density at radius 1 is 1.38 bits per heavy atom. The summed E-state index contributed by atoms with van der Waals surface area (Å²) in [5.74, 6) is 1.42. The summed E-state index contributed by atoms with van der Waals surface area (Å²) in [6.07, 6.45) is 5.80. The van der Waals surface area contributed by atoms with E-state index in [1.165, 1.54) is 12.0 Å². The molecular formula is C20H24N2O2. The lowest BCUT2D eigenvalue weighted by atomic mass is 9.76. The molecule has 24 heavy (non-hydrogen) atoms. The number of benzene rings is 1. The number of allylic oxidation sites excluding steroid dienone is 1. The minimum Gasteiger partial charge on any atom is -0.497 e. The fourth-order valence-corrected chi connectivity index (χ4v) is 4.34. The molecule has 0 saturated carbocycles. The van der Waals surface area contributed by atoms with Crippen LogP contribution in [0.2, 0.25) is 0 Å². The van der Waals surface area contributed by atoms with Crippen LogP contribution >= 0.6 is 0 Å². The first-order chi connectivity index (χ1) is 11.7. The van der Waals surface area contributed by atoms with Gasteiger partial charge in [-0.05, 0) is 62.1 Å². The zero-order chi connectivity index (χ0) is 16.7. The van der Waals surface area contributed by atoms with Crippen molar-refractivity contribution in [1.82, 2.24) is 9.88 Å². The third kappa shape index (κ3) is 2.50. The fraction of sp³-hybridized carbons (Fsp3) is 0.450. The second-order valence-corrected chi connectivity index (χ2v) is 6.85. The number of hydrogen-bond donors (Lipinski definition) is 1. The fourth-order valence-electron chi connectivity index (χ4n) is 4.34. The Balaban J connectivity index is 1.70.